The monoisotopic (exact) mass is 462 g/mol. The van der Waals surface area contributed by atoms with Gasteiger partial charge >= 0.3 is 5.97 Å². The molecule has 0 aliphatic carbocycles. The van der Waals surface area contributed by atoms with Crippen molar-refractivity contribution in [3.05, 3.63) is 78.0 Å². The highest BCUT2D eigenvalue weighted by Gasteiger charge is 2.30. The van der Waals surface area contributed by atoms with E-state index in [1.165, 1.54) is 0 Å². The zero-order chi connectivity index (χ0) is 24.5. The third kappa shape index (κ3) is 7.12. The van der Waals surface area contributed by atoms with Crippen LogP contribution in [0.5, 0.6) is 0 Å². The van der Waals surface area contributed by atoms with E-state index in [9.17, 15) is 14.7 Å². The first-order chi connectivity index (χ1) is 16.4. The second-order valence-corrected chi connectivity index (χ2v) is 9.11. The molecule has 2 N–H and O–H groups in total. The van der Waals surface area contributed by atoms with Gasteiger partial charge < -0.3 is 15.2 Å². The Morgan fingerprint density at radius 1 is 0.971 bits per heavy atom. The lowest BCUT2D eigenvalue weighted by molar-refractivity contribution is -0.126. The second kappa shape index (κ2) is 12.3. The molecule has 0 radical (unpaired) electrons. The number of aliphatic hydroxyl groups is 1. The van der Waals surface area contributed by atoms with E-state index in [1.54, 1.807) is 13.1 Å². The highest BCUT2D eigenvalue weighted by Crippen LogP contribution is 2.23. The van der Waals surface area contributed by atoms with Crippen LogP contribution in [0.3, 0.4) is 0 Å². The van der Waals surface area contributed by atoms with Gasteiger partial charge in [0.05, 0.1) is 11.6 Å². The quantitative estimate of drug-likeness (QED) is 0.408. The summed E-state index contributed by atoms with van der Waals surface area (Å²) in [7, 11) is 1.60. The molecule has 0 spiro atoms. The number of benzene rings is 2. The standard InChI is InChI=1S/C28H34N2O4/c1-19(2)13-14-22(27(32)29-3)18-25(31)26(17-20-9-5-4-6-10-20)34-28(33)24-16-15-21-11-7-8-12-23(21)30-24/h4-12,15-16,19,22,25-26,31H,13-14,17-18H2,1-3H3,(H,29,32)/t22-,25+,26+/m1/s1. The van der Waals surface area contributed by atoms with Crippen LogP contribution in [0.2, 0.25) is 0 Å². The van der Waals surface area contributed by atoms with Gasteiger partial charge in [-0.05, 0) is 36.5 Å². The van der Waals surface area contributed by atoms with Crippen molar-refractivity contribution in [1.29, 1.82) is 0 Å². The number of aromatic nitrogens is 1. The molecule has 34 heavy (non-hydrogen) atoms. The number of esters is 1. The summed E-state index contributed by atoms with van der Waals surface area (Å²) in [4.78, 5) is 29.9. The van der Waals surface area contributed by atoms with Gasteiger partial charge in [-0.15, -0.1) is 0 Å². The summed E-state index contributed by atoms with van der Waals surface area (Å²) in [6.45, 7) is 4.21. The molecule has 0 unspecified atom stereocenters. The number of rotatable bonds is 11. The summed E-state index contributed by atoms with van der Waals surface area (Å²) in [6.07, 6.45) is 0.268. The number of nitrogens with zero attached hydrogens (tertiary/aromatic N) is 1. The molecule has 0 bridgehead atoms. The molecule has 180 valence electrons. The highest BCUT2D eigenvalue weighted by molar-refractivity contribution is 5.91. The SMILES string of the molecule is CNC(=O)[C@H](CCC(C)C)C[C@H](O)[C@H](Cc1ccccc1)OC(=O)c1ccc2ccccc2n1. The third-order valence-corrected chi connectivity index (χ3v) is 6.01. The lowest BCUT2D eigenvalue weighted by Crippen LogP contribution is -2.38. The van der Waals surface area contributed by atoms with Gasteiger partial charge in [-0.3, -0.25) is 4.79 Å². The predicted octanol–water partition coefficient (Wildman–Crippen LogP) is 4.55. The van der Waals surface area contributed by atoms with Crippen molar-refractivity contribution < 1.29 is 19.4 Å². The van der Waals surface area contributed by atoms with Crippen LogP contribution in [-0.2, 0) is 16.0 Å². The van der Waals surface area contributed by atoms with Crippen molar-refractivity contribution in [3.63, 3.8) is 0 Å². The summed E-state index contributed by atoms with van der Waals surface area (Å²) in [5.74, 6) is -0.621. The maximum Gasteiger partial charge on any atom is 0.357 e. The molecular formula is C28H34N2O4. The summed E-state index contributed by atoms with van der Waals surface area (Å²) in [6, 6.07) is 20.6. The molecule has 0 saturated carbocycles. The van der Waals surface area contributed by atoms with Gasteiger partial charge in [-0.25, -0.2) is 9.78 Å². The van der Waals surface area contributed by atoms with Crippen LogP contribution in [0.1, 0.15) is 49.2 Å². The number of hydrogen-bond donors (Lipinski definition) is 2. The maximum absolute atomic E-state index is 13.0. The summed E-state index contributed by atoms with van der Waals surface area (Å²) >= 11 is 0. The van der Waals surface area contributed by atoms with Crippen LogP contribution in [0.15, 0.2) is 66.7 Å². The van der Waals surface area contributed by atoms with E-state index in [2.05, 4.69) is 24.1 Å². The fourth-order valence-electron chi connectivity index (χ4n) is 4.02. The number of hydrogen-bond acceptors (Lipinski definition) is 5. The Kier molecular flexibility index (Phi) is 9.16. The van der Waals surface area contributed by atoms with Crippen molar-refractivity contribution in [3.8, 4) is 0 Å². The smallest absolute Gasteiger partial charge is 0.357 e. The van der Waals surface area contributed by atoms with Gasteiger partial charge in [0.2, 0.25) is 5.91 Å². The topological polar surface area (TPSA) is 88.5 Å². The number of nitrogens with one attached hydrogen (secondary N) is 1. The molecule has 3 aromatic rings. The summed E-state index contributed by atoms with van der Waals surface area (Å²) < 4.78 is 5.81. The number of para-hydroxylation sites is 1. The van der Waals surface area contributed by atoms with Crippen LogP contribution >= 0.6 is 0 Å². The molecule has 0 saturated heterocycles. The first-order valence-electron chi connectivity index (χ1n) is 11.9. The van der Waals surface area contributed by atoms with E-state index in [0.717, 1.165) is 17.4 Å². The van der Waals surface area contributed by atoms with E-state index in [0.29, 0.717) is 24.3 Å². The molecule has 0 fully saturated rings. The van der Waals surface area contributed by atoms with E-state index in [-0.39, 0.29) is 23.9 Å². The summed E-state index contributed by atoms with van der Waals surface area (Å²) in [5.41, 5.74) is 1.82. The third-order valence-electron chi connectivity index (χ3n) is 6.01. The minimum atomic E-state index is -1.00. The number of fused-ring (bicyclic) bond motifs is 1. The Morgan fingerprint density at radius 3 is 2.38 bits per heavy atom. The lowest BCUT2D eigenvalue weighted by Gasteiger charge is -2.26. The Balaban J connectivity index is 1.79. The van der Waals surface area contributed by atoms with Gasteiger partial charge in [-0.2, -0.15) is 0 Å². The average molecular weight is 463 g/mol. The largest absolute Gasteiger partial charge is 0.455 e. The number of carbonyl (C=O) groups excluding carboxylic acids is 2. The lowest BCUT2D eigenvalue weighted by atomic mass is 9.89. The summed E-state index contributed by atoms with van der Waals surface area (Å²) in [5, 5.41) is 14.8. The molecule has 0 aliphatic rings. The Morgan fingerprint density at radius 2 is 1.68 bits per heavy atom. The minimum absolute atomic E-state index is 0.110. The number of ether oxygens (including phenoxy) is 1. The molecule has 6 nitrogen and oxygen atoms in total. The molecule has 1 aromatic heterocycles. The number of aliphatic hydroxyl groups excluding tert-OH is 1. The van der Waals surface area contributed by atoms with Crippen LogP contribution < -0.4 is 5.32 Å². The molecular weight excluding hydrogens is 428 g/mol. The van der Waals surface area contributed by atoms with Gasteiger partial charge in [0.15, 0.2) is 0 Å². The van der Waals surface area contributed by atoms with Crippen LogP contribution in [0.25, 0.3) is 10.9 Å². The zero-order valence-electron chi connectivity index (χ0n) is 20.1. The molecule has 0 aliphatic heterocycles. The van der Waals surface area contributed by atoms with Crippen molar-refractivity contribution in [1.82, 2.24) is 10.3 Å². The molecule has 3 atom stereocenters. The fourth-order valence-corrected chi connectivity index (χ4v) is 4.02. The molecule has 1 amide bonds. The zero-order valence-corrected chi connectivity index (χ0v) is 20.1. The Hall–Kier alpha value is -3.25. The first-order valence-corrected chi connectivity index (χ1v) is 11.9. The van der Waals surface area contributed by atoms with Crippen LogP contribution in [-0.4, -0.2) is 41.2 Å². The van der Waals surface area contributed by atoms with E-state index in [1.807, 2.05) is 60.7 Å². The number of amides is 1. The second-order valence-electron chi connectivity index (χ2n) is 9.11. The highest BCUT2D eigenvalue weighted by atomic mass is 16.6. The van der Waals surface area contributed by atoms with Crippen molar-refractivity contribution >= 4 is 22.8 Å². The minimum Gasteiger partial charge on any atom is -0.455 e. The van der Waals surface area contributed by atoms with Crippen molar-refractivity contribution in [2.75, 3.05) is 7.05 Å². The first kappa shape index (κ1) is 25.4. The molecule has 1 heterocycles. The molecule has 6 heteroatoms. The maximum atomic E-state index is 13.0. The van der Waals surface area contributed by atoms with E-state index < -0.39 is 18.2 Å². The van der Waals surface area contributed by atoms with Crippen LogP contribution in [0, 0.1) is 11.8 Å². The fraction of sp³-hybridized carbons (Fsp3) is 0.393. The van der Waals surface area contributed by atoms with Gasteiger partial charge in [0, 0.05) is 24.8 Å². The van der Waals surface area contributed by atoms with Crippen molar-refractivity contribution in [2.45, 2.75) is 51.7 Å². The average Bonchev–Trinajstić information content (AvgIpc) is 2.85. The molecule has 3 rings (SSSR count). The van der Waals surface area contributed by atoms with E-state index in [4.69, 9.17) is 4.74 Å². The normalized spacial score (nSPS) is 13.9. The number of carbonyl (C=O) groups is 2. The van der Waals surface area contributed by atoms with E-state index >= 15 is 0 Å². The predicted molar refractivity (Wildman–Crippen MR) is 133 cm³/mol. The van der Waals surface area contributed by atoms with Gasteiger partial charge in [0.1, 0.15) is 11.8 Å². The Labute approximate surface area is 201 Å². The van der Waals surface area contributed by atoms with Gasteiger partial charge in [-0.1, -0.05) is 74.9 Å². The number of pyridine rings is 1. The van der Waals surface area contributed by atoms with Crippen LogP contribution in [0.4, 0.5) is 0 Å². The van der Waals surface area contributed by atoms with Crippen molar-refractivity contribution in [2.24, 2.45) is 11.8 Å². The van der Waals surface area contributed by atoms with Gasteiger partial charge in [0.25, 0.3) is 0 Å². The molecule has 2 aromatic carbocycles. The Bertz CT molecular complexity index is 1080.